The fourth-order valence-corrected chi connectivity index (χ4v) is 3.06. The standard InChI is InChI=1S/C21H25N3O2/c1-22(2)20(25)16-23-12-14-24(15-13-23)21(26)19-10-8-18(9-11-19)17-6-4-3-5-7-17/h3-11H,12-16H2,1-2H3. The Bertz CT molecular complexity index is 749. The second kappa shape index (κ2) is 8.15. The van der Waals surface area contributed by atoms with Crippen LogP contribution in [0.1, 0.15) is 10.4 Å². The fraction of sp³-hybridized carbons (Fsp3) is 0.333. The summed E-state index contributed by atoms with van der Waals surface area (Å²) in [6.45, 7) is 3.18. The number of benzene rings is 2. The van der Waals surface area contributed by atoms with Gasteiger partial charge in [-0.15, -0.1) is 0 Å². The molecule has 0 spiro atoms. The summed E-state index contributed by atoms with van der Waals surface area (Å²) < 4.78 is 0. The first-order chi connectivity index (χ1) is 12.5. The Labute approximate surface area is 154 Å². The molecule has 1 aliphatic rings. The van der Waals surface area contributed by atoms with Crippen LogP contribution >= 0.6 is 0 Å². The number of hydrogen-bond donors (Lipinski definition) is 0. The minimum atomic E-state index is 0.0585. The number of carbonyl (C=O) groups is 2. The summed E-state index contributed by atoms with van der Waals surface area (Å²) in [7, 11) is 3.53. The Morgan fingerprint density at radius 2 is 1.42 bits per heavy atom. The van der Waals surface area contributed by atoms with E-state index in [1.807, 2.05) is 47.4 Å². The summed E-state index contributed by atoms with van der Waals surface area (Å²) in [5.41, 5.74) is 2.96. The van der Waals surface area contributed by atoms with E-state index < -0.39 is 0 Å². The highest BCUT2D eigenvalue weighted by Crippen LogP contribution is 2.20. The van der Waals surface area contributed by atoms with E-state index in [0.717, 1.165) is 24.2 Å². The maximum Gasteiger partial charge on any atom is 0.253 e. The zero-order chi connectivity index (χ0) is 18.5. The Kier molecular flexibility index (Phi) is 5.68. The second-order valence-electron chi connectivity index (χ2n) is 6.80. The van der Waals surface area contributed by atoms with Crippen LogP contribution in [-0.4, -0.2) is 73.3 Å². The molecule has 1 heterocycles. The largest absolute Gasteiger partial charge is 0.348 e. The van der Waals surface area contributed by atoms with E-state index in [0.29, 0.717) is 25.2 Å². The molecule has 2 aromatic carbocycles. The topological polar surface area (TPSA) is 43.9 Å². The van der Waals surface area contributed by atoms with Crippen molar-refractivity contribution in [3.05, 3.63) is 60.2 Å². The summed E-state index contributed by atoms with van der Waals surface area (Å²) in [5, 5.41) is 0. The smallest absolute Gasteiger partial charge is 0.253 e. The summed E-state index contributed by atoms with van der Waals surface area (Å²) in [5.74, 6) is 0.157. The molecular weight excluding hydrogens is 326 g/mol. The van der Waals surface area contributed by atoms with Crippen molar-refractivity contribution in [3.8, 4) is 11.1 Å². The Morgan fingerprint density at radius 3 is 2.00 bits per heavy atom. The first-order valence-corrected chi connectivity index (χ1v) is 8.92. The van der Waals surface area contributed by atoms with Crippen LogP contribution in [0.25, 0.3) is 11.1 Å². The van der Waals surface area contributed by atoms with Gasteiger partial charge in [0.05, 0.1) is 6.54 Å². The number of piperazine rings is 1. The molecule has 26 heavy (non-hydrogen) atoms. The average Bonchev–Trinajstić information content (AvgIpc) is 2.69. The molecule has 0 atom stereocenters. The minimum Gasteiger partial charge on any atom is -0.348 e. The Hall–Kier alpha value is -2.66. The van der Waals surface area contributed by atoms with Gasteiger partial charge in [-0.05, 0) is 23.3 Å². The predicted molar refractivity (Wildman–Crippen MR) is 103 cm³/mol. The highest BCUT2D eigenvalue weighted by atomic mass is 16.2. The molecule has 1 saturated heterocycles. The maximum absolute atomic E-state index is 12.7. The van der Waals surface area contributed by atoms with E-state index in [9.17, 15) is 9.59 Å². The third kappa shape index (κ3) is 4.29. The van der Waals surface area contributed by atoms with E-state index in [1.54, 1.807) is 19.0 Å². The van der Waals surface area contributed by atoms with Gasteiger partial charge >= 0.3 is 0 Å². The average molecular weight is 351 g/mol. The molecule has 0 N–H and O–H groups in total. The zero-order valence-electron chi connectivity index (χ0n) is 15.4. The van der Waals surface area contributed by atoms with Crippen molar-refractivity contribution >= 4 is 11.8 Å². The van der Waals surface area contributed by atoms with Crippen molar-refractivity contribution in [2.75, 3.05) is 46.8 Å². The van der Waals surface area contributed by atoms with Crippen LogP contribution in [-0.2, 0) is 4.79 Å². The van der Waals surface area contributed by atoms with Gasteiger partial charge in [0.1, 0.15) is 0 Å². The Balaban J connectivity index is 1.58. The quantitative estimate of drug-likeness (QED) is 0.848. The van der Waals surface area contributed by atoms with Gasteiger partial charge in [-0.2, -0.15) is 0 Å². The van der Waals surface area contributed by atoms with E-state index in [4.69, 9.17) is 0 Å². The predicted octanol–water partition coefficient (Wildman–Crippen LogP) is 2.20. The monoisotopic (exact) mass is 351 g/mol. The van der Waals surface area contributed by atoms with Crippen molar-refractivity contribution in [1.82, 2.24) is 14.7 Å². The van der Waals surface area contributed by atoms with E-state index in [2.05, 4.69) is 17.0 Å². The summed E-state index contributed by atoms with van der Waals surface area (Å²) >= 11 is 0. The molecule has 2 aromatic rings. The lowest BCUT2D eigenvalue weighted by Gasteiger charge is -2.34. The van der Waals surface area contributed by atoms with E-state index >= 15 is 0 Å². The lowest BCUT2D eigenvalue weighted by atomic mass is 10.0. The van der Waals surface area contributed by atoms with Crippen molar-refractivity contribution < 1.29 is 9.59 Å². The molecular formula is C21H25N3O2. The van der Waals surface area contributed by atoms with Gasteiger partial charge in [-0.25, -0.2) is 0 Å². The van der Waals surface area contributed by atoms with Crippen LogP contribution in [0.15, 0.2) is 54.6 Å². The van der Waals surface area contributed by atoms with Crippen molar-refractivity contribution in [2.24, 2.45) is 0 Å². The Morgan fingerprint density at radius 1 is 0.846 bits per heavy atom. The normalized spacial score (nSPS) is 14.9. The van der Waals surface area contributed by atoms with Crippen LogP contribution in [0.3, 0.4) is 0 Å². The van der Waals surface area contributed by atoms with Crippen molar-refractivity contribution in [3.63, 3.8) is 0 Å². The lowest BCUT2D eigenvalue weighted by molar-refractivity contribution is -0.130. The molecule has 1 aliphatic heterocycles. The summed E-state index contributed by atoms with van der Waals surface area (Å²) in [6, 6.07) is 17.9. The molecule has 5 nitrogen and oxygen atoms in total. The number of rotatable bonds is 4. The van der Waals surface area contributed by atoms with Crippen LogP contribution < -0.4 is 0 Å². The van der Waals surface area contributed by atoms with E-state index in [1.165, 1.54) is 0 Å². The molecule has 0 unspecified atom stereocenters. The molecule has 0 bridgehead atoms. The van der Waals surface area contributed by atoms with Crippen molar-refractivity contribution in [1.29, 1.82) is 0 Å². The van der Waals surface area contributed by atoms with E-state index in [-0.39, 0.29) is 11.8 Å². The summed E-state index contributed by atoms with van der Waals surface area (Å²) in [4.78, 5) is 30.1. The third-order valence-electron chi connectivity index (χ3n) is 4.76. The molecule has 1 fully saturated rings. The maximum atomic E-state index is 12.7. The number of hydrogen-bond acceptors (Lipinski definition) is 3. The van der Waals surface area contributed by atoms with Crippen LogP contribution in [0.2, 0.25) is 0 Å². The highest BCUT2D eigenvalue weighted by molar-refractivity contribution is 5.94. The molecule has 0 aromatic heterocycles. The minimum absolute atomic E-state index is 0.0585. The number of carbonyl (C=O) groups excluding carboxylic acids is 2. The molecule has 0 radical (unpaired) electrons. The van der Waals surface area contributed by atoms with Gasteiger partial charge in [-0.3, -0.25) is 14.5 Å². The summed E-state index contributed by atoms with van der Waals surface area (Å²) in [6.07, 6.45) is 0. The number of amides is 2. The molecule has 3 rings (SSSR count). The number of nitrogens with zero attached hydrogens (tertiary/aromatic N) is 3. The molecule has 2 amide bonds. The molecule has 5 heteroatoms. The first-order valence-electron chi connectivity index (χ1n) is 8.92. The van der Waals surface area contributed by atoms with Gasteiger partial charge in [0.15, 0.2) is 0 Å². The van der Waals surface area contributed by atoms with Crippen molar-refractivity contribution in [2.45, 2.75) is 0 Å². The van der Waals surface area contributed by atoms with Crippen LogP contribution in [0, 0.1) is 0 Å². The third-order valence-corrected chi connectivity index (χ3v) is 4.76. The second-order valence-corrected chi connectivity index (χ2v) is 6.80. The SMILES string of the molecule is CN(C)C(=O)CN1CCN(C(=O)c2ccc(-c3ccccc3)cc2)CC1. The van der Waals surface area contributed by atoms with Gasteiger partial charge in [0, 0.05) is 45.8 Å². The van der Waals surface area contributed by atoms with Crippen LogP contribution in [0.5, 0.6) is 0 Å². The lowest BCUT2D eigenvalue weighted by Crippen LogP contribution is -2.51. The molecule has 136 valence electrons. The van der Waals surface area contributed by atoms with Gasteiger partial charge < -0.3 is 9.80 Å². The highest BCUT2D eigenvalue weighted by Gasteiger charge is 2.23. The molecule has 0 aliphatic carbocycles. The first kappa shape index (κ1) is 18.1. The van der Waals surface area contributed by atoms with Gasteiger partial charge in [0.25, 0.3) is 5.91 Å². The fourth-order valence-electron chi connectivity index (χ4n) is 3.06. The number of likely N-dealkylation sites (N-methyl/N-ethyl adjacent to an activating group) is 1. The zero-order valence-corrected chi connectivity index (χ0v) is 15.4. The molecule has 0 saturated carbocycles. The van der Waals surface area contributed by atoms with Crippen LogP contribution in [0.4, 0.5) is 0 Å². The van der Waals surface area contributed by atoms with Gasteiger partial charge in [-0.1, -0.05) is 42.5 Å². The van der Waals surface area contributed by atoms with Gasteiger partial charge in [0.2, 0.25) is 5.91 Å².